The first-order chi connectivity index (χ1) is 15.8. The van der Waals surface area contributed by atoms with E-state index in [0.717, 1.165) is 50.4 Å². The minimum atomic E-state index is -0.222. The van der Waals surface area contributed by atoms with E-state index in [9.17, 15) is 9.59 Å². The predicted octanol–water partition coefficient (Wildman–Crippen LogP) is 5.73. The lowest BCUT2D eigenvalue weighted by atomic mass is 9.31. The SMILES string of the molecule is COC(=O)C12CC3CC(C1)CC(C14CC5CC(CC(C(=O)N(C)C6CCCC6)(C5)C1)C4)(C3)C2. The summed E-state index contributed by atoms with van der Waals surface area (Å²) in [5, 5.41) is 0. The van der Waals surface area contributed by atoms with Gasteiger partial charge in [0.25, 0.3) is 0 Å². The molecular weight excluding hydrogens is 410 g/mol. The van der Waals surface area contributed by atoms with Gasteiger partial charge in [0.15, 0.2) is 0 Å². The van der Waals surface area contributed by atoms with Gasteiger partial charge in [-0.05, 0) is 124 Å². The van der Waals surface area contributed by atoms with Crippen molar-refractivity contribution in [3.8, 4) is 0 Å². The summed E-state index contributed by atoms with van der Waals surface area (Å²) in [5.74, 6) is 3.44. The molecule has 182 valence electrons. The van der Waals surface area contributed by atoms with E-state index < -0.39 is 0 Å². The predicted molar refractivity (Wildman–Crippen MR) is 126 cm³/mol. The molecule has 0 aromatic carbocycles. The highest BCUT2D eigenvalue weighted by atomic mass is 16.5. The van der Waals surface area contributed by atoms with Gasteiger partial charge in [0, 0.05) is 13.1 Å². The first-order valence-electron chi connectivity index (χ1n) is 14.2. The molecule has 4 nitrogen and oxygen atoms in total. The number of amides is 1. The summed E-state index contributed by atoms with van der Waals surface area (Å²) in [6.45, 7) is 0. The molecule has 9 fully saturated rings. The highest BCUT2D eigenvalue weighted by molar-refractivity contribution is 5.83. The molecule has 0 radical (unpaired) electrons. The lowest BCUT2D eigenvalue weighted by molar-refractivity contribution is -0.241. The van der Waals surface area contributed by atoms with Crippen LogP contribution < -0.4 is 0 Å². The molecule has 9 saturated carbocycles. The maximum absolute atomic E-state index is 14.2. The fraction of sp³-hybridized carbons (Fsp3) is 0.931. The number of rotatable bonds is 4. The van der Waals surface area contributed by atoms with Crippen molar-refractivity contribution in [3.05, 3.63) is 0 Å². The van der Waals surface area contributed by atoms with E-state index in [4.69, 9.17) is 4.74 Å². The molecule has 0 N–H and O–H groups in total. The van der Waals surface area contributed by atoms with Gasteiger partial charge >= 0.3 is 5.97 Å². The summed E-state index contributed by atoms with van der Waals surface area (Å²) < 4.78 is 5.45. The highest BCUT2D eigenvalue weighted by Gasteiger charge is 2.72. The highest BCUT2D eigenvalue weighted by Crippen LogP contribution is 2.78. The van der Waals surface area contributed by atoms with E-state index in [1.54, 1.807) is 7.11 Å². The largest absolute Gasteiger partial charge is 0.469 e. The number of ether oxygens (including phenoxy) is 1. The first kappa shape index (κ1) is 21.2. The third-order valence-electron chi connectivity index (χ3n) is 12.5. The van der Waals surface area contributed by atoms with Crippen LogP contribution in [0.5, 0.6) is 0 Å². The molecule has 4 heteroatoms. The second-order valence-electron chi connectivity index (χ2n) is 14.4. The third kappa shape index (κ3) is 2.76. The van der Waals surface area contributed by atoms with Crippen molar-refractivity contribution in [2.75, 3.05) is 14.2 Å². The van der Waals surface area contributed by atoms with Crippen molar-refractivity contribution in [3.63, 3.8) is 0 Å². The fourth-order valence-electron chi connectivity index (χ4n) is 12.3. The molecule has 0 heterocycles. The van der Waals surface area contributed by atoms with Crippen molar-refractivity contribution in [2.45, 2.75) is 109 Å². The first-order valence-corrected chi connectivity index (χ1v) is 14.2. The molecule has 9 aliphatic rings. The molecule has 33 heavy (non-hydrogen) atoms. The molecule has 1 amide bonds. The van der Waals surface area contributed by atoms with Crippen LogP contribution in [-0.4, -0.2) is 37.0 Å². The number of hydrogen-bond donors (Lipinski definition) is 0. The Balaban J connectivity index is 1.26. The van der Waals surface area contributed by atoms with Crippen LogP contribution in [0, 0.1) is 45.3 Å². The molecular formula is C29H43NO3. The maximum Gasteiger partial charge on any atom is 0.311 e. The van der Waals surface area contributed by atoms with E-state index >= 15 is 0 Å². The van der Waals surface area contributed by atoms with E-state index in [-0.39, 0.29) is 22.2 Å². The smallest absolute Gasteiger partial charge is 0.311 e. The van der Waals surface area contributed by atoms with Crippen molar-refractivity contribution < 1.29 is 14.3 Å². The Morgan fingerprint density at radius 2 is 1.18 bits per heavy atom. The van der Waals surface area contributed by atoms with Crippen LogP contribution in [0.4, 0.5) is 0 Å². The monoisotopic (exact) mass is 453 g/mol. The summed E-state index contributed by atoms with van der Waals surface area (Å²) >= 11 is 0. The van der Waals surface area contributed by atoms with Crippen LogP contribution in [0.2, 0.25) is 0 Å². The molecule has 0 saturated heterocycles. The molecule has 9 rings (SSSR count). The Labute approximate surface area is 199 Å². The average molecular weight is 454 g/mol. The van der Waals surface area contributed by atoms with Gasteiger partial charge in [0.05, 0.1) is 17.9 Å². The summed E-state index contributed by atoms with van der Waals surface area (Å²) in [6, 6.07) is 0.476. The number of methoxy groups -OCH3 is 1. The van der Waals surface area contributed by atoms with E-state index in [2.05, 4.69) is 11.9 Å². The van der Waals surface area contributed by atoms with Gasteiger partial charge in [-0.3, -0.25) is 9.59 Å². The molecule has 8 bridgehead atoms. The molecule has 4 unspecified atom stereocenters. The molecule has 0 aromatic heterocycles. The summed E-state index contributed by atoms with van der Waals surface area (Å²) in [7, 11) is 3.73. The van der Waals surface area contributed by atoms with Crippen LogP contribution in [-0.2, 0) is 14.3 Å². The number of carbonyl (C=O) groups excluding carboxylic acids is 2. The minimum absolute atomic E-state index is 0.0810. The second kappa shape index (κ2) is 6.78. The average Bonchev–Trinajstić information content (AvgIpc) is 3.30. The van der Waals surface area contributed by atoms with Crippen molar-refractivity contribution in [2.24, 2.45) is 45.3 Å². The third-order valence-corrected chi connectivity index (χ3v) is 12.5. The molecule has 0 aromatic rings. The number of nitrogens with zero attached hydrogens (tertiary/aromatic N) is 1. The Morgan fingerprint density at radius 3 is 1.67 bits per heavy atom. The minimum Gasteiger partial charge on any atom is -0.469 e. The summed E-state index contributed by atoms with van der Waals surface area (Å²) in [4.78, 5) is 29.6. The van der Waals surface area contributed by atoms with Gasteiger partial charge in [-0.2, -0.15) is 0 Å². The number of carbonyl (C=O) groups is 2. The van der Waals surface area contributed by atoms with Crippen LogP contribution >= 0.6 is 0 Å². The summed E-state index contributed by atoms with van der Waals surface area (Å²) in [6.07, 6.45) is 19.6. The zero-order chi connectivity index (χ0) is 22.6. The quantitative estimate of drug-likeness (QED) is 0.511. The van der Waals surface area contributed by atoms with Gasteiger partial charge in [0.1, 0.15) is 0 Å². The van der Waals surface area contributed by atoms with Crippen LogP contribution in [0.1, 0.15) is 103 Å². The Kier molecular flexibility index (Phi) is 4.37. The fourth-order valence-corrected chi connectivity index (χ4v) is 12.3. The van der Waals surface area contributed by atoms with Crippen LogP contribution in [0.15, 0.2) is 0 Å². The standard InChI is InChI=1S/C29H43NO3/c1-30(23-5-3-4-6-23)24(31)26-9-19-7-20(10-26)14-28(13-19,17-26)29-15-21-8-22(16-29)12-27(11-21,18-29)25(32)33-2/h19-23H,3-18H2,1-2H3. The lowest BCUT2D eigenvalue weighted by Crippen LogP contribution is -2.67. The van der Waals surface area contributed by atoms with Gasteiger partial charge in [-0.25, -0.2) is 0 Å². The van der Waals surface area contributed by atoms with E-state index in [1.165, 1.54) is 64.2 Å². The Bertz CT molecular complexity index is 844. The van der Waals surface area contributed by atoms with Crippen molar-refractivity contribution in [1.29, 1.82) is 0 Å². The molecule has 0 spiro atoms. The maximum atomic E-state index is 14.2. The molecule has 0 aliphatic heterocycles. The van der Waals surface area contributed by atoms with Gasteiger partial charge < -0.3 is 9.64 Å². The number of esters is 1. The zero-order valence-electron chi connectivity index (χ0n) is 20.9. The summed E-state index contributed by atoms with van der Waals surface area (Å²) in [5.41, 5.74) is 0.240. The number of hydrogen-bond acceptors (Lipinski definition) is 3. The molecule has 4 atom stereocenters. The Morgan fingerprint density at radius 1 is 0.727 bits per heavy atom. The lowest BCUT2D eigenvalue weighted by Gasteiger charge is -2.73. The second-order valence-corrected chi connectivity index (χ2v) is 14.4. The van der Waals surface area contributed by atoms with Crippen LogP contribution in [0.3, 0.4) is 0 Å². The van der Waals surface area contributed by atoms with Crippen molar-refractivity contribution >= 4 is 11.9 Å². The van der Waals surface area contributed by atoms with E-state index in [0.29, 0.717) is 29.2 Å². The zero-order valence-corrected chi connectivity index (χ0v) is 20.9. The van der Waals surface area contributed by atoms with Crippen molar-refractivity contribution in [1.82, 2.24) is 4.90 Å². The van der Waals surface area contributed by atoms with Gasteiger partial charge in [0.2, 0.25) is 5.91 Å². The normalized spacial score (nSPS) is 51.8. The van der Waals surface area contributed by atoms with E-state index in [1.807, 2.05) is 0 Å². The van der Waals surface area contributed by atoms with Gasteiger partial charge in [-0.15, -0.1) is 0 Å². The van der Waals surface area contributed by atoms with Gasteiger partial charge in [-0.1, -0.05) is 12.8 Å². The van der Waals surface area contributed by atoms with Crippen LogP contribution in [0.25, 0.3) is 0 Å². The topological polar surface area (TPSA) is 46.6 Å². The Hall–Kier alpha value is -1.06. The molecule has 9 aliphatic carbocycles.